The molecule has 0 bridgehead atoms. The molecule has 1 aliphatic rings. The molecule has 1 heterocycles. The summed E-state index contributed by atoms with van der Waals surface area (Å²) in [5.74, 6) is 0. The van der Waals surface area contributed by atoms with Gasteiger partial charge < -0.3 is 15.0 Å². The molecular weight excluding hydrogens is 283 g/mol. The molecule has 0 spiro atoms. The SMILES string of the molecule is C=CCO[C@@H](CN1C=CNC1)c1ccc(Cl)cc1Cl. The molecule has 1 atom stereocenters. The summed E-state index contributed by atoms with van der Waals surface area (Å²) < 4.78 is 5.81. The van der Waals surface area contributed by atoms with Crippen LogP contribution in [-0.4, -0.2) is 24.7 Å². The van der Waals surface area contributed by atoms with Gasteiger partial charge in [0.25, 0.3) is 0 Å². The standard InChI is InChI=1S/C14H16Cl2N2O/c1-2-7-19-14(9-18-6-5-17-10-18)12-4-3-11(15)8-13(12)16/h2-6,8,14,17H,1,7,9-10H2/t14-/m0/s1. The van der Waals surface area contributed by atoms with Gasteiger partial charge in [0.2, 0.25) is 0 Å². The van der Waals surface area contributed by atoms with Gasteiger partial charge in [0.05, 0.1) is 13.3 Å². The molecule has 0 saturated carbocycles. The third-order valence-electron chi connectivity index (χ3n) is 2.82. The molecule has 19 heavy (non-hydrogen) atoms. The molecule has 0 unspecified atom stereocenters. The van der Waals surface area contributed by atoms with Gasteiger partial charge in [-0.3, -0.25) is 0 Å². The average molecular weight is 299 g/mol. The monoisotopic (exact) mass is 298 g/mol. The molecule has 5 heteroatoms. The molecule has 1 aliphatic heterocycles. The Balaban J connectivity index is 2.15. The Morgan fingerprint density at radius 3 is 2.95 bits per heavy atom. The number of hydrogen-bond acceptors (Lipinski definition) is 3. The van der Waals surface area contributed by atoms with Gasteiger partial charge in [0, 0.05) is 34.6 Å². The second-order valence-electron chi connectivity index (χ2n) is 4.23. The molecule has 0 saturated heterocycles. The minimum absolute atomic E-state index is 0.118. The maximum absolute atomic E-state index is 6.25. The summed E-state index contributed by atoms with van der Waals surface area (Å²) >= 11 is 12.2. The maximum Gasteiger partial charge on any atom is 0.102 e. The second kappa shape index (κ2) is 6.85. The second-order valence-corrected chi connectivity index (χ2v) is 5.07. The summed E-state index contributed by atoms with van der Waals surface area (Å²) in [5, 5.41) is 4.37. The summed E-state index contributed by atoms with van der Waals surface area (Å²) in [7, 11) is 0. The molecule has 1 aromatic rings. The van der Waals surface area contributed by atoms with E-state index in [4.69, 9.17) is 27.9 Å². The zero-order valence-electron chi connectivity index (χ0n) is 10.5. The van der Waals surface area contributed by atoms with Gasteiger partial charge in [-0.2, -0.15) is 0 Å². The Morgan fingerprint density at radius 1 is 1.47 bits per heavy atom. The minimum atomic E-state index is -0.118. The van der Waals surface area contributed by atoms with Crippen molar-refractivity contribution in [3.05, 3.63) is 58.9 Å². The van der Waals surface area contributed by atoms with E-state index in [0.717, 1.165) is 18.8 Å². The molecule has 2 rings (SSSR count). The molecular formula is C14H16Cl2N2O. The van der Waals surface area contributed by atoms with Crippen molar-refractivity contribution in [2.24, 2.45) is 0 Å². The largest absolute Gasteiger partial charge is 0.373 e. The number of nitrogens with zero attached hydrogens (tertiary/aromatic N) is 1. The molecule has 102 valence electrons. The molecule has 0 aromatic heterocycles. The van der Waals surface area contributed by atoms with Gasteiger partial charge >= 0.3 is 0 Å². The van der Waals surface area contributed by atoms with Crippen molar-refractivity contribution in [2.45, 2.75) is 6.10 Å². The molecule has 1 N–H and O–H groups in total. The first-order valence-corrected chi connectivity index (χ1v) is 6.78. The van der Waals surface area contributed by atoms with Crippen LogP contribution in [0.4, 0.5) is 0 Å². The number of halogens is 2. The zero-order valence-corrected chi connectivity index (χ0v) is 12.0. The number of rotatable bonds is 6. The van der Waals surface area contributed by atoms with Crippen LogP contribution in [0.25, 0.3) is 0 Å². The van der Waals surface area contributed by atoms with Gasteiger partial charge in [0.15, 0.2) is 0 Å². The van der Waals surface area contributed by atoms with Crippen LogP contribution in [0.5, 0.6) is 0 Å². The zero-order chi connectivity index (χ0) is 13.7. The first kappa shape index (κ1) is 14.3. The van der Waals surface area contributed by atoms with Crippen molar-refractivity contribution in [1.29, 1.82) is 0 Å². The Morgan fingerprint density at radius 2 is 2.32 bits per heavy atom. The van der Waals surface area contributed by atoms with Crippen LogP contribution in [0.2, 0.25) is 10.0 Å². The normalized spacial score (nSPS) is 15.4. The quantitative estimate of drug-likeness (QED) is 0.813. The van der Waals surface area contributed by atoms with Crippen molar-refractivity contribution in [3.8, 4) is 0 Å². The van der Waals surface area contributed by atoms with Crippen LogP contribution in [0.15, 0.2) is 43.3 Å². The van der Waals surface area contributed by atoms with Gasteiger partial charge in [-0.25, -0.2) is 0 Å². The molecule has 3 nitrogen and oxygen atoms in total. The molecule has 0 aliphatic carbocycles. The lowest BCUT2D eigenvalue weighted by molar-refractivity contribution is 0.0538. The van der Waals surface area contributed by atoms with E-state index in [0.29, 0.717) is 16.7 Å². The van der Waals surface area contributed by atoms with Gasteiger partial charge in [-0.15, -0.1) is 6.58 Å². The predicted octanol–water partition coefficient (Wildman–Crippen LogP) is 3.57. The maximum atomic E-state index is 6.25. The summed E-state index contributed by atoms with van der Waals surface area (Å²) in [4.78, 5) is 2.12. The lowest BCUT2D eigenvalue weighted by atomic mass is 10.1. The Hall–Kier alpha value is -1.16. The summed E-state index contributed by atoms with van der Waals surface area (Å²) in [6, 6.07) is 5.47. The van der Waals surface area contributed by atoms with Crippen LogP contribution in [0.1, 0.15) is 11.7 Å². The van der Waals surface area contributed by atoms with Crippen LogP contribution >= 0.6 is 23.2 Å². The van der Waals surface area contributed by atoms with Crippen molar-refractivity contribution < 1.29 is 4.74 Å². The number of benzene rings is 1. The van der Waals surface area contributed by atoms with Gasteiger partial charge in [-0.1, -0.05) is 35.3 Å². The highest BCUT2D eigenvalue weighted by Gasteiger charge is 2.18. The highest BCUT2D eigenvalue weighted by atomic mass is 35.5. The van der Waals surface area contributed by atoms with Crippen molar-refractivity contribution >= 4 is 23.2 Å². The summed E-state index contributed by atoms with van der Waals surface area (Å²) in [5.41, 5.74) is 0.938. The fourth-order valence-electron chi connectivity index (χ4n) is 1.91. The fourth-order valence-corrected chi connectivity index (χ4v) is 2.44. The van der Waals surface area contributed by atoms with Crippen LogP contribution < -0.4 is 5.32 Å². The topological polar surface area (TPSA) is 24.5 Å². The lowest BCUT2D eigenvalue weighted by Gasteiger charge is -2.24. The van der Waals surface area contributed by atoms with Gasteiger partial charge in [-0.05, 0) is 12.1 Å². The molecule has 0 fully saturated rings. The van der Waals surface area contributed by atoms with Crippen molar-refractivity contribution in [2.75, 3.05) is 19.8 Å². The first-order valence-electron chi connectivity index (χ1n) is 6.02. The van der Waals surface area contributed by atoms with E-state index in [-0.39, 0.29) is 6.10 Å². The van der Waals surface area contributed by atoms with Gasteiger partial charge in [0.1, 0.15) is 6.10 Å². The molecule has 0 amide bonds. The van der Waals surface area contributed by atoms with Crippen molar-refractivity contribution in [3.63, 3.8) is 0 Å². The highest BCUT2D eigenvalue weighted by molar-refractivity contribution is 6.35. The Kier molecular flexibility index (Phi) is 5.14. The van der Waals surface area contributed by atoms with Crippen LogP contribution in [0.3, 0.4) is 0 Å². The summed E-state index contributed by atoms with van der Waals surface area (Å²) in [6.45, 7) is 5.65. The van der Waals surface area contributed by atoms with Crippen LogP contribution in [0, 0.1) is 0 Å². The highest BCUT2D eigenvalue weighted by Crippen LogP contribution is 2.29. The van der Waals surface area contributed by atoms with E-state index in [2.05, 4.69) is 16.8 Å². The lowest BCUT2D eigenvalue weighted by Crippen LogP contribution is -2.27. The Bertz CT molecular complexity index is 477. The third kappa shape index (κ3) is 3.90. The number of ether oxygens (including phenoxy) is 1. The fraction of sp³-hybridized carbons (Fsp3) is 0.286. The average Bonchev–Trinajstić information content (AvgIpc) is 2.88. The van der Waals surface area contributed by atoms with E-state index < -0.39 is 0 Å². The van der Waals surface area contributed by atoms with Crippen LogP contribution in [-0.2, 0) is 4.74 Å². The smallest absolute Gasteiger partial charge is 0.102 e. The summed E-state index contributed by atoms with van der Waals surface area (Å²) in [6.07, 6.45) is 5.52. The van der Waals surface area contributed by atoms with E-state index in [1.165, 1.54) is 0 Å². The first-order chi connectivity index (χ1) is 9.20. The van der Waals surface area contributed by atoms with E-state index in [1.54, 1.807) is 12.1 Å². The number of nitrogens with one attached hydrogen (secondary N) is 1. The Labute approximate surface area is 123 Å². The third-order valence-corrected chi connectivity index (χ3v) is 3.38. The molecule has 1 aromatic carbocycles. The predicted molar refractivity (Wildman–Crippen MR) is 79.2 cm³/mol. The number of hydrogen-bond donors (Lipinski definition) is 1. The van der Waals surface area contributed by atoms with E-state index >= 15 is 0 Å². The van der Waals surface area contributed by atoms with Crippen molar-refractivity contribution in [1.82, 2.24) is 10.2 Å². The van der Waals surface area contributed by atoms with E-state index in [1.807, 2.05) is 24.5 Å². The molecule has 0 radical (unpaired) electrons. The minimum Gasteiger partial charge on any atom is -0.373 e. The van der Waals surface area contributed by atoms with E-state index in [9.17, 15) is 0 Å².